The lowest BCUT2D eigenvalue weighted by Gasteiger charge is -2.24. The molecule has 0 saturated heterocycles. The first kappa shape index (κ1) is 14.4. The number of para-hydroxylation sites is 1. The van der Waals surface area contributed by atoms with Crippen LogP contribution >= 0.6 is 0 Å². The van der Waals surface area contributed by atoms with Crippen LogP contribution in [-0.4, -0.2) is 23.1 Å². The zero-order valence-electron chi connectivity index (χ0n) is 11.6. The normalized spacial score (nSPS) is 10.6. The van der Waals surface area contributed by atoms with Crippen LogP contribution in [0, 0.1) is 5.82 Å². The fourth-order valence-corrected chi connectivity index (χ4v) is 2.01. The number of rotatable bonds is 6. The largest absolute Gasteiger partial charge is 0.330 e. The molecule has 4 nitrogen and oxygen atoms in total. The van der Waals surface area contributed by atoms with Gasteiger partial charge < -0.3 is 10.6 Å². The van der Waals surface area contributed by atoms with Crippen molar-refractivity contribution in [1.29, 1.82) is 0 Å². The molecule has 1 aromatic carbocycles. The summed E-state index contributed by atoms with van der Waals surface area (Å²) in [5.41, 5.74) is 7.02. The van der Waals surface area contributed by atoms with Crippen LogP contribution in [0.1, 0.15) is 19.0 Å². The maximum absolute atomic E-state index is 14.0. The molecular weight excluding hydrogens is 255 g/mol. The predicted molar refractivity (Wildman–Crippen MR) is 78.5 cm³/mol. The molecule has 2 aromatic rings. The summed E-state index contributed by atoms with van der Waals surface area (Å²) < 4.78 is 14.0. The smallest absolute Gasteiger partial charge is 0.146 e. The lowest BCUT2D eigenvalue weighted by molar-refractivity contribution is 0.622. The summed E-state index contributed by atoms with van der Waals surface area (Å²) in [6, 6.07) is 8.59. The molecular formula is C15H19FN4. The Labute approximate surface area is 118 Å². The molecule has 0 fully saturated rings. The highest BCUT2D eigenvalue weighted by Gasteiger charge is 2.14. The minimum Gasteiger partial charge on any atom is -0.330 e. The van der Waals surface area contributed by atoms with Gasteiger partial charge in [-0.05, 0) is 31.5 Å². The van der Waals surface area contributed by atoms with Crippen LogP contribution in [0.25, 0.3) is 0 Å². The number of benzene rings is 1. The van der Waals surface area contributed by atoms with Gasteiger partial charge in [0.2, 0.25) is 0 Å². The highest BCUT2D eigenvalue weighted by atomic mass is 19.1. The van der Waals surface area contributed by atoms with Crippen molar-refractivity contribution in [2.75, 3.05) is 18.0 Å². The Morgan fingerprint density at radius 2 is 2.05 bits per heavy atom. The van der Waals surface area contributed by atoms with E-state index in [2.05, 4.69) is 9.97 Å². The van der Waals surface area contributed by atoms with E-state index in [0.29, 0.717) is 24.6 Å². The van der Waals surface area contributed by atoms with Crippen LogP contribution < -0.4 is 10.6 Å². The molecule has 0 unspecified atom stereocenters. The van der Waals surface area contributed by atoms with E-state index in [1.54, 1.807) is 12.1 Å². The molecule has 1 heterocycles. The summed E-state index contributed by atoms with van der Waals surface area (Å²) in [7, 11) is 0. The van der Waals surface area contributed by atoms with Gasteiger partial charge in [0.25, 0.3) is 0 Å². The van der Waals surface area contributed by atoms with Crippen molar-refractivity contribution >= 4 is 11.5 Å². The summed E-state index contributed by atoms with van der Waals surface area (Å²) in [6.07, 6.45) is 3.10. The molecule has 0 saturated carbocycles. The second kappa shape index (κ2) is 6.96. The van der Waals surface area contributed by atoms with Crippen LogP contribution in [-0.2, 0) is 6.42 Å². The molecule has 0 aliphatic rings. The standard InChI is InChI=1S/C15H19FN4/c1-2-12-10-15(19-11-18-12)20(9-5-8-17)14-7-4-3-6-13(14)16/h3-4,6-7,10-11H,2,5,8-9,17H2,1H3. The first-order chi connectivity index (χ1) is 9.76. The summed E-state index contributed by atoms with van der Waals surface area (Å²) >= 11 is 0. The Balaban J connectivity index is 2.38. The minimum atomic E-state index is -0.263. The topological polar surface area (TPSA) is 55.0 Å². The predicted octanol–water partition coefficient (Wildman–Crippen LogP) is 2.67. The molecule has 2 rings (SSSR count). The van der Waals surface area contributed by atoms with Crippen molar-refractivity contribution in [2.24, 2.45) is 5.73 Å². The van der Waals surface area contributed by atoms with Gasteiger partial charge in [0.1, 0.15) is 18.0 Å². The number of aromatic nitrogens is 2. The summed E-state index contributed by atoms with van der Waals surface area (Å²) in [5.74, 6) is 0.441. The van der Waals surface area contributed by atoms with Gasteiger partial charge in [0, 0.05) is 18.3 Å². The zero-order chi connectivity index (χ0) is 14.4. The van der Waals surface area contributed by atoms with Crippen LogP contribution in [0.2, 0.25) is 0 Å². The molecule has 106 valence electrons. The fourth-order valence-electron chi connectivity index (χ4n) is 2.01. The fraction of sp³-hybridized carbons (Fsp3) is 0.333. The highest BCUT2D eigenvalue weighted by molar-refractivity contribution is 5.60. The van der Waals surface area contributed by atoms with Gasteiger partial charge in [-0.25, -0.2) is 14.4 Å². The van der Waals surface area contributed by atoms with E-state index in [9.17, 15) is 4.39 Å². The highest BCUT2D eigenvalue weighted by Crippen LogP contribution is 2.26. The Morgan fingerprint density at radius 3 is 2.75 bits per heavy atom. The van der Waals surface area contributed by atoms with Gasteiger partial charge in [-0.3, -0.25) is 0 Å². The summed E-state index contributed by atoms with van der Waals surface area (Å²) in [4.78, 5) is 10.3. The maximum Gasteiger partial charge on any atom is 0.146 e. The molecule has 0 aliphatic heterocycles. The third-order valence-corrected chi connectivity index (χ3v) is 3.08. The molecule has 2 N–H and O–H groups in total. The van der Waals surface area contributed by atoms with Crippen LogP contribution in [0.15, 0.2) is 36.7 Å². The number of aryl methyl sites for hydroxylation is 1. The first-order valence-electron chi connectivity index (χ1n) is 6.79. The SMILES string of the molecule is CCc1cc(N(CCCN)c2ccccc2F)ncn1. The van der Waals surface area contributed by atoms with Gasteiger partial charge in [-0.1, -0.05) is 19.1 Å². The second-order valence-corrected chi connectivity index (χ2v) is 4.47. The van der Waals surface area contributed by atoms with Gasteiger partial charge in [0.05, 0.1) is 5.69 Å². The van der Waals surface area contributed by atoms with E-state index < -0.39 is 0 Å². The second-order valence-electron chi connectivity index (χ2n) is 4.47. The van der Waals surface area contributed by atoms with Crippen molar-refractivity contribution < 1.29 is 4.39 Å². The minimum absolute atomic E-state index is 0.263. The Kier molecular flexibility index (Phi) is 5.01. The zero-order valence-corrected chi connectivity index (χ0v) is 11.6. The van der Waals surface area contributed by atoms with Crippen molar-refractivity contribution in [1.82, 2.24) is 9.97 Å². The third kappa shape index (κ3) is 3.30. The molecule has 0 bridgehead atoms. The lowest BCUT2D eigenvalue weighted by Crippen LogP contribution is -2.23. The van der Waals surface area contributed by atoms with E-state index in [-0.39, 0.29) is 5.82 Å². The monoisotopic (exact) mass is 274 g/mol. The molecule has 0 amide bonds. The molecule has 0 radical (unpaired) electrons. The number of halogens is 1. The number of hydrogen-bond donors (Lipinski definition) is 1. The Morgan fingerprint density at radius 1 is 1.25 bits per heavy atom. The lowest BCUT2D eigenvalue weighted by atomic mass is 10.2. The Bertz CT molecular complexity index is 559. The number of nitrogens with zero attached hydrogens (tertiary/aromatic N) is 3. The molecule has 20 heavy (non-hydrogen) atoms. The number of anilines is 2. The van der Waals surface area contributed by atoms with E-state index in [0.717, 1.165) is 18.5 Å². The van der Waals surface area contributed by atoms with Crippen LogP contribution in [0.5, 0.6) is 0 Å². The van der Waals surface area contributed by atoms with E-state index in [1.807, 2.05) is 24.0 Å². The van der Waals surface area contributed by atoms with E-state index in [1.165, 1.54) is 12.4 Å². The molecule has 0 spiro atoms. The average Bonchev–Trinajstić information content (AvgIpc) is 2.49. The Hall–Kier alpha value is -2.01. The molecule has 0 atom stereocenters. The van der Waals surface area contributed by atoms with Gasteiger partial charge in [-0.15, -0.1) is 0 Å². The number of nitrogens with two attached hydrogens (primary N) is 1. The molecule has 5 heteroatoms. The van der Waals surface area contributed by atoms with Gasteiger partial charge in [0.15, 0.2) is 0 Å². The van der Waals surface area contributed by atoms with Crippen LogP contribution in [0.3, 0.4) is 0 Å². The summed E-state index contributed by atoms with van der Waals surface area (Å²) in [6.45, 7) is 3.20. The quantitative estimate of drug-likeness (QED) is 0.880. The summed E-state index contributed by atoms with van der Waals surface area (Å²) in [5, 5.41) is 0. The average molecular weight is 274 g/mol. The first-order valence-corrected chi connectivity index (χ1v) is 6.79. The van der Waals surface area contributed by atoms with Crippen LogP contribution in [0.4, 0.5) is 15.9 Å². The van der Waals surface area contributed by atoms with Gasteiger partial charge >= 0.3 is 0 Å². The van der Waals surface area contributed by atoms with Crippen molar-refractivity contribution in [3.63, 3.8) is 0 Å². The third-order valence-electron chi connectivity index (χ3n) is 3.08. The molecule has 0 aliphatic carbocycles. The van der Waals surface area contributed by atoms with Gasteiger partial charge in [-0.2, -0.15) is 0 Å². The van der Waals surface area contributed by atoms with E-state index >= 15 is 0 Å². The van der Waals surface area contributed by atoms with Crippen molar-refractivity contribution in [3.8, 4) is 0 Å². The van der Waals surface area contributed by atoms with Crippen molar-refractivity contribution in [3.05, 3.63) is 48.2 Å². The van der Waals surface area contributed by atoms with E-state index in [4.69, 9.17) is 5.73 Å². The number of hydrogen-bond acceptors (Lipinski definition) is 4. The molecule has 1 aromatic heterocycles. The maximum atomic E-state index is 14.0. The van der Waals surface area contributed by atoms with Crippen molar-refractivity contribution in [2.45, 2.75) is 19.8 Å².